The lowest BCUT2D eigenvalue weighted by molar-refractivity contribution is -0.122. The minimum atomic E-state index is 0.0472. The molecule has 1 aliphatic rings. The van der Waals surface area contributed by atoms with Crippen LogP contribution in [0.5, 0.6) is 5.75 Å². The topological polar surface area (TPSA) is 50.4 Å². The van der Waals surface area contributed by atoms with E-state index in [1.807, 2.05) is 24.3 Å². The van der Waals surface area contributed by atoms with Gasteiger partial charge in [0.15, 0.2) is 0 Å². The predicted molar refractivity (Wildman–Crippen MR) is 79.8 cm³/mol. The van der Waals surface area contributed by atoms with Crippen molar-refractivity contribution in [1.29, 1.82) is 0 Å². The van der Waals surface area contributed by atoms with Crippen LogP contribution in [0.3, 0.4) is 0 Å². The fraction of sp³-hybridized carbons (Fsp3) is 0.562. The maximum atomic E-state index is 12.0. The summed E-state index contributed by atoms with van der Waals surface area (Å²) < 4.78 is 5.60. The van der Waals surface area contributed by atoms with Crippen molar-refractivity contribution in [3.05, 3.63) is 29.8 Å². The molecule has 20 heavy (non-hydrogen) atoms. The smallest absolute Gasteiger partial charge is 0.221 e. The van der Waals surface area contributed by atoms with E-state index < -0.39 is 0 Å². The number of carbonyl (C=O) groups is 1. The van der Waals surface area contributed by atoms with Gasteiger partial charge in [0, 0.05) is 30.5 Å². The molecule has 1 amide bonds. The van der Waals surface area contributed by atoms with Gasteiger partial charge in [-0.05, 0) is 26.8 Å². The molecule has 2 rings (SSSR count). The lowest BCUT2D eigenvalue weighted by Gasteiger charge is -2.27. The molecule has 1 atom stereocenters. The lowest BCUT2D eigenvalue weighted by Crippen LogP contribution is -2.39. The molecule has 1 heterocycles. The molecule has 0 aliphatic carbocycles. The fourth-order valence-corrected chi connectivity index (χ4v) is 2.31. The van der Waals surface area contributed by atoms with Crippen LogP contribution in [-0.2, 0) is 4.79 Å². The number of carbonyl (C=O) groups excluding carboxylic acids is 1. The second-order valence-corrected chi connectivity index (χ2v) is 6.22. The second kappa shape index (κ2) is 6.27. The molecule has 2 N–H and O–H groups in total. The minimum absolute atomic E-state index is 0.0472. The number of hydrogen-bond acceptors (Lipinski definition) is 3. The largest absolute Gasteiger partial charge is 0.493 e. The summed E-state index contributed by atoms with van der Waals surface area (Å²) in [5.41, 5.74) is 1.13. The molecule has 0 saturated heterocycles. The van der Waals surface area contributed by atoms with Gasteiger partial charge in [-0.25, -0.2) is 0 Å². The molecule has 4 nitrogen and oxygen atoms in total. The summed E-state index contributed by atoms with van der Waals surface area (Å²) in [6, 6.07) is 7.98. The minimum Gasteiger partial charge on any atom is -0.493 e. The standard InChI is InChI=1S/C16H24N2O2/c1-16(2,3)17-10-8-15(19)18-13-9-11-20-14-7-5-4-6-12(13)14/h4-7,13,17H,8-11H2,1-3H3,(H,18,19). The first-order valence-electron chi connectivity index (χ1n) is 7.22. The SMILES string of the molecule is CC(C)(C)NCCC(=O)NC1CCOc2ccccc21. The van der Waals surface area contributed by atoms with E-state index in [1.165, 1.54) is 0 Å². The van der Waals surface area contributed by atoms with Crippen molar-refractivity contribution in [3.63, 3.8) is 0 Å². The van der Waals surface area contributed by atoms with Gasteiger partial charge in [0.1, 0.15) is 5.75 Å². The van der Waals surface area contributed by atoms with E-state index >= 15 is 0 Å². The second-order valence-electron chi connectivity index (χ2n) is 6.22. The van der Waals surface area contributed by atoms with Crippen LogP contribution in [0.2, 0.25) is 0 Å². The quantitative estimate of drug-likeness (QED) is 0.888. The number of ether oxygens (including phenoxy) is 1. The number of nitrogens with one attached hydrogen (secondary N) is 2. The summed E-state index contributed by atoms with van der Waals surface area (Å²) >= 11 is 0. The Morgan fingerprint density at radius 1 is 1.35 bits per heavy atom. The van der Waals surface area contributed by atoms with Crippen LogP contribution in [0.4, 0.5) is 0 Å². The zero-order valence-corrected chi connectivity index (χ0v) is 12.5. The Balaban J connectivity index is 1.86. The molecular formula is C16H24N2O2. The van der Waals surface area contributed by atoms with Gasteiger partial charge in [-0.2, -0.15) is 0 Å². The highest BCUT2D eigenvalue weighted by atomic mass is 16.5. The summed E-state index contributed by atoms with van der Waals surface area (Å²) in [4.78, 5) is 12.0. The average molecular weight is 276 g/mol. The molecular weight excluding hydrogens is 252 g/mol. The maximum absolute atomic E-state index is 12.0. The molecule has 4 heteroatoms. The van der Waals surface area contributed by atoms with Gasteiger partial charge >= 0.3 is 0 Å². The molecule has 0 spiro atoms. The molecule has 1 unspecified atom stereocenters. The molecule has 0 saturated carbocycles. The van der Waals surface area contributed by atoms with Gasteiger partial charge in [-0.15, -0.1) is 0 Å². The van der Waals surface area contributed by atoms with Gasteiger partial charge in [-0.3, -0.25) is 4.79 Å². The van der Waals surface area contributed by atoms with Crippen LogP contribution in [0.25, 0.3) is 0 Å². The Morgan fingerprint density at radius 2 is 2.10 bits per heavy atom. The number of fused-ring (bicyclic) bond motifs is 1. The first kappa shape index (κ1) is 14.9. The predicted octanol–water partition coefficient (Wildman–Crippen LogP) is 2.40. The summed E-state index contributed by atoms with van der Waals surface area (Å²) in [7, 11) is 0. The molecule has 0 aromatic heterocycles. The van der Waals surface area contributed by atoms with Crippen LogP contribution < -0.4 is 15.4 Å². The Labute approximate surface area is 120 Å². The van der Waals surface area contributed by atoms with Crippen LogP contribution in [0, 0.1) is 0 Å². The molecule has 1 aromatic carbocycles. The van der Waals surface area contributed by atoms with Gasteiger partial charge in [-0.1, -0.05) is 18.2 Å². The highest BCUT2D eigenvalue weighted by molar-refractivity contribution is 5.76. The molecule has 1 aliphatic heterocycles. The van der Waals surface area contributed by atoms with Crippen molar-refractivity contribution in [2.75, 3.05) is 13.2 Å². The van der Waals surface area contributed by atoms with Gasteiger partial charge in [0.25, 0.3) is 0 Å². The van der Waals surface area contributed by atoms with Crippen molar-refractivity contribution >= 4 is 5.91 Å². The first-order valence-corrected chi connectivity index (χ1v) is 7.22. The van der Waals surface area contributed by atoms with Crippen molar-refractivity contribution < 1.29 is 9.53 Å². The van der Waals surface area contributed by atoms with E-state index in [9.17, 15) is 4.79 Å². The van der Waals surface area contributed by atoms with E-state index in [0.29, 0.717) is 19.6 Å². The number of hydrogen-bond donors (Lipinski definition) is 2. The van der Waals surface area contributed by atoms with Crippen molar-refractivity contribution in [3.8, 4) is 5.75 Å². The number of rotatable bonds is 4. The van der Waals surface area contributed by atoms with Crippen molar-refractivity contribution in [2.45, 2.75) is 45.2 Å². The summed E-state index contributed by atoms with van der Waals surface area (Å²) in [5, 5.41) is 6.43. The summed E-state index contributed by atoms with van der Waals surface area (Å²) in [5.74, 6) is 0.973. The number of benzene rings is 1. The Bertz CT molecular complexity index is 466. The third-order valence-electron chi connectivity index (χ3n) is 3.30. The summed E-state index contributed by atoms with van der Waals surface area (Å²) in [6.07, 6.45) is 1.33. The van der Waals surface area contributed by atoms with Crippen LogP contribution in [-0.4, -0.2) is 24.6 Å². The number of amides is 1. The van der Waals surface area contributed by atoms with Crippen LogP contribution >= 0.6 is 0 Å². The third kappa shape index (κ3) is 4.23. The third-order valence-corrected chi connectivity index (χ3v) is 3.30. The van der Waals surface area contributed by atoms with Crippen molar-refractivity contribution in [2.24, 2.45) is 0 Å². The molecule has 1 aromatic rings. The maximum Gasteiger partial charge on any atom is 0.221 e. The van der Waals surface area contributed by atoms with Gasteiger partial charge < -0.3 is 15.4 Å². The van der Waals surface area contributed by atoms with Gasteiger partial charge in [0.05, 0.1) is 12.6 Å². The normalized spacial score (nSPS) is 18.1. The van der Waals surface area contributed by atoms with E-state index in [2.05, 4.69) is 31.4 Å². The molecule has 110 valence electrons. The zero-order valence-electron chi connectivity index (χ0n) is 12.5. The Morgan fingerprint density at radius 3 is 2.85 bits per heavy atom. The molecule has 0 fully saturated rings. The molecule has 0 bridgehead atoms. The highest BCUT2D eigenvalue weighted by Gasteiger charge is 2.22. The Hall–Kier alpha value is -1.55. The average Bonchev–Trinajstić information content (AvgIpc) is 2.37. The Kier molecular flexibility index (Phi) is 4.65. The van der Waals surface area contributed by atoms with E-state index in [4.69, 9.17) is 4.74 Å². The first-order chi connectivity index (χ1) is 9.46. The monoisotopic (exact) mass is 276 g/mol. The van der Waals surface area contributed by atoms with Crippen LogP contribution in [0.15, 0.2) is 24.3 Å². The summed E-state index contributed by atoms with van der Waals surface area (Å²) in [6.45, 7) is 7.64. The highest BCUT2D eigenvalue weighted by Crippen LogP contribution is 2.31. The van der Waals surface area contributed by atoms with E-state index in [1.54, 1.807) is 0 Å². The van der Waals surface area contributed by atoms with Crippen molar-refractivity contribution in [1.82, 2.24) is 10.6 Å². The fourth-order valence-electron chi connectivity index (χ4n) is 2.31. The zero-order chi connectivity index (χ0) is 14.6. The lowest BCUT2D eigenvalue weighted by atomic mass is 10.0. The number of para-hydroxylation sites is 1. The van der Waals surface area contributed by atoms with E-state index in [0.717, 1.165) is 17.7 Å². The van der Waals surface area contributed by atoms with Crippen LogP contribution in [0.1, 0.15) is 45.2 Å². The van der Waals surface area contributed by atoms with Gasteiger partial charge in [0.2, 0.25) is 5.91 Å². The molecule has 0 radical (unpaired) electrons. The van der Waals surface area contributed by atoms with E-state index in [-0.39, 0.29) is 17.5 Å².